The molecule has 128 valence electrons. The van der Waals surface area contributed by atoms with Crippen molar-refractivity contribution < 1.29 is 13.2 Å². The predicted octanol–water partition coefficient (Wildman–Crippen LogP) is 2.89. The zero-order valence-electron chi connectivity index (χ0n) is 13.3. The molecule has 8 heteroatoms. The first-order valence-electron chi connectivity index (χ1n) is 7.42. The van der Waals surface area contributed by atoms with E-state index in [0.29, 0.717) is 17.0 Å². The monoisotopic (exact) mass is 373 g/mol. The average molecular weight is 373 g/mol. The summed E-state index contributed by atoms with van der Waals surface area (Å²) in [5.74, 6) is -0.189. The lowest BCUT2D eigenvalue weighted by Crippen LogP contribution is -2.24. The number of ketones is 1. The number of rotatable bonds is 6. The van der Waals surface area contributed by atoms with Gasteiger partial charge in [0.05, 0.1) is 22.0 Å². The van der Waals surface area contributed by atoms with Crippen molar-refractivity contribution in [2.75, 3.05) is 0 Å². The summed E-state index contributed by atoms with van der Waals surface area (Å²) < 4.78 is 27.5. The molecule has 0 atom stereocenters. The van der Waals surface area contributed by atoms with Gasteiger partial charge in [-0.2, -0.15) is 0 Å². The fourth-order valence-corrected chi connectivity index (χ4v) is 4.02. The Morgan fingerprint density at radius 1 is 1.16 bits per heavy atom. The Morgan fingerprint density at radius 2 is 1.96 bits per heavy atom. The number of thiophene rings is 1. The van der Waals surface area contributed by atoms with E-state index < -0.39 is 10.0 Å². The molecule has 0 radical (unpaired) electrons. The maximum Gasteiger partial charge on any atom is 0.240 e. The minimum atomic E-state index is -3.77. The van der Waals surface area contributed by atoms with Gasteiger partial charge in [0.1, 0.15) is 5.69 Å². The number of Topliss-reactive ketones (excluding diaryl/α,β-unsaturated/α-hetero) is 1. The van der Waals surface area contributed by atoms with Gasteiger partial charge in [-0.25, -0.2) is 13.1 Å². The molecule has 0 aliphatic rings. The fraction of sp³-hybridized carbons (Fsp3) is 0.118. The van der Waals surface area contributed by atoms with Gasteiger partial charge in [0.15, 0.2) is 5.78 Å². The van der Waals surface area contributed by atoms with Crippen LogP contribution in [0, 0.1) is 0 Å². The molecule has 3 rings (SSSR count). The molecular weight excluding hydrogens is 358 g/mol. The number of nitrogens with zero attached hydrogens (tertiary/aromatic N) is 2. The van der Waals surface area contributed by atoms with Crippen molar-refractivity contribution in [3.8, 4) is 10.6 Å². The van der Waals surface area contributed by atoms with Crippen LogP contribution in [0.15, 0.2) is 59.1 Å². The van der Waals surface area contributed by atoms with Crippen molar-refractivity contribution in [3.05, 3.63) is 65.4 Å². The molecule has 0 amide bonds. The second kappa shape index (κ2) is 7.22. The first-order valence-corrected chi connectivity index (χ1v) is 9.78. The number of carbonyl (C=O) groups excluding carboxylic acids is 1. The van der Waals surface area contributed by atoms with Gasteiger partial charge in [0, 0.05) is 18.0 Å². The van der Waals surface area contributed by atoms with Crippen LogP contribution in [0.2, 0.25) is 0 Å². The van der Waals surface area contributed by atoms with E-state index in [9.17, 15) is 13.2 Å². The number of hydrogen-bond acceptors (Lipinski definition) is 6. The van der Waals surface area contributed by atoms with Gasteiger partial charge in [-0.15, -0.1) is 11.3 Å². The zero-order chi connectivity index (χ0) is 17.9. The standard InChI is InChI=1S/C17H15N3O3S2/c1-12(21)13-4-2-5-14(10-13)25(22,23)20-11-15-17(19-8-7-18-15)16-6-3-9-24-16/h2-10,20H,11H2,1H3. The highest BCUT2D eigenvalue weighted by Crippen LogP contribution is 2.25. The normalized spacial score (nSPS) is 11.4. The van der Waals surface area contributed by atoms with E-state index in [4.69, 9.17) is 0 Å². The summed E-state index contributed by atoms with van der Waals surface area (Å²) in [7, 11) is -3.77. The molecule has 0 saturated carbocycles. The number of benzene rings is 1. The summed E-state index contributed by atoms with van der Waals surface area (Å²) in [5.41, 5.74) is 1.54. The van der Waals surface area contributed by atoms with Crippen molar-refractivity contribution in [1.82, 2.24) is 14.7 Å². The molecule has 0 saturated heterocycles. The third kappa shape index (κ3) is 3.98. The first kappa shape index (κ1) is 17.4. The molecule has 0 bridgehead atoms. The van der Waals surface area contributed by atoms with Crippen LogP contribution in [0.25, 0.3) is 10.6 Å². The Hall–Kier alpha value is -2.42. The summed E-state index contributed by atoms with van der Waals surface area (Å²) in [5, 5.41) is 1.92. The maximum absolute atomic E-state index is 12.5. The topological polar surface area (TPSA) is 89.0 Å². The number of carbonyl (C=O) groups is 1. The number of nitrogens with one attached hydrogen (secondary N) is 1. The highest BCUT2D eigenvalue weighted by molar-refractivity contribution is 7.89. The molecule has 0 aliphatic carbocycles. The van der Waals surface area contributed by atoms with E-state index in [2.05, 4.69) is 14.7 Å². The lowest BCUT2D eigenvalue weighted by molar-refractivity contribution is 0.101. The van der Waals surface area contributed by atoms with Crippen molar-refractivity contribution >= 4 is 27.1 Å². The van der Waals surface area contributed by atoms with E-state index >= 15 is 0 Å². The molecule has 1 N–H and O–H groups in total. The van der Waals surface area contributed by atoms with Gasteiger partial charge < -0.3 is 0 Å². The highest BCUT2D eigenvalue weighted by Gasteiger charge is 2.17. The second-order valence-corrected chi connectivity index (χ2v) is 7.95. The molecular formula is C17H15N3O3S2. The minimum absolute atomic E-state index is 0.00764. The van der Waals surface area contributed by atoms with Crippen LogP contribution in [-0.2, 0) is 16.6 Å². The second-order valence-electron chi connectivity index (χ2n) is 5.24. The molecule has 1 aromatic carbocycles. The number of aromatic nitrogens is 2. The van der Waals surface area contributed by atoms with Gasteiger partial charge in [-0.1, -0.05) is 18.2 Å². The lowest BCUT2D eigenvalue weighted by atomic mass is 10.2. The smallest absolute Gasteiger partial charge is 0.240 e. The van der Waals surface area contributed by atoms with E-state index in [0.717, 1.165) is 4.88 Å². The van der Waals surface area contributed by atoms with E-state index in [1.165, 1.54) is 36.6 Å². The molecule has 0 fully saturated rings. The molecule has 6 nitrogen and oxygen atoms in total. The summed E-state index contributed by atoms with van der Waals surface area (Å²) in [6, 6.07) is 9.75. The largest absolute Gasteiger partial charge is 0.295 e. The van der Waals surface area contributed by atoms with Crippen LogP contribution >= 0.6 is 11.3 Å². The minimum Gasteiger partial charge on any atom is -0.295 e. The fourth-order valence-electron chi connectivity index (χ4n) is 2.24. The Kier molecular flexibility index (Phi) is 5.03. The van der Waals surface area contributed by atoms with Crippen LogP contribution in [0.5, 0.6) is 0 Å². The molecule has 0 unspecified atom stereocenters. The van der Waals surface area contributed by atoms with Gasteiger partial charge >= 0.3 is 0 Å². The quantitative estimate of drug-likeness (QED) is 0.671. The molecule has 0 spiro atoms. The van der Waals surface area contributed by atoms with Gasteiger partial charge in [0.25, 0.3) is 0 Å². The zero-order valence-corrected chi connectivity index (χ0v) is 15.0. The van der Waals surface area contributed by atoms with Crippen LogP contribution in [0.4, 0.5) is 0 Å². The SMILES string of the molecule is CC(=O)c1cccc(S(=O)(=O)NCc2nccnc2-c2cccs2)c1. The Balaban J connectivity index is 1.84. The molecule has 0 aliphatic heterocycles. The van der Waals surface area contributed by atoms with E-state index in [1.54, 1.807) is 18.3 Å². The third-order valence-electron chi connectivity index (χ3n) is 3.51. The van der Waals surface area contributed by atoms with Crippen LogP contribution in [-0.4, -0.2) is 24.2 Å². The Morgan fingerprint density at radius 3 is 2.68 bits per heavy atom. The summed E-state index contributed by atoms with van der Waals surface area (Å²) in [6.45, 7) is 1.40. The predicted molar refractivity (Wildman–Crippen MR) is 95.8 cm³/mol. The molecule has 3 aromatic rings. The van der Waals surface area contributed by atoms with E-state index in [-0.39, 0.29) is 17.2 Å². The van der Waals surface area contributed by atoms with Crippen molar-refractivity contribution in [3.63, 3.8) is 0 Å². The molecule has 25 heavy (non-hydrogen) atoms. The maximum atomic E-state index is 12.5. The van der Waals surface area contributed by atoms with Crippen LogP contribution in [0.3, 0.4) is 0 Å². The summed E-state index contributed by atoms with van der Waals surface area (Å²) in [4.78, 5) is 20.9. The highest BCUT2D eigenvalue weighted by atomic mass is 32.2. The average Bonchev–Trinajstić information content (AvgIpc) is 3.15. The van der Waals surface area contributed by atoms with Crippen molar-refractivity contribution in [2.24, 2.45) is 0 Å². The van der Waals surface area contributed by atoms with E-state index in [1.807, 2.05) is 17.5 Å². The van der Waals surface area contributed by atoms with Crippen molar-refractivity contribution in [2.45, 2.75) is 18.4 Å². The lowest BCUT2D eigenvalue weighted by Gasteiger charge is -2.09. The number of sulfonamides is 1. The summed E-state index contributed by atoms with van der Waals surface area (Å²) >= 11 is 1.51. The van der Waals surface area contributed by atoms with Gasteiger partial charge in [-0.3, -0.25) is 14.8 Å². The van der Waals surface area contributed by atoms with Crippen LogP contribution < -0.4 is 4.72 Å². The molecule has 2 heterocycles. The Labute approximate surface area is 149 Å². The first-order chi connectivity index (χ1) is 12.0. The Bertz CT molecular complexity index is 999. The molecule has 2 aromatic heterocycles. The van der Waals surface area contributed by atoms with Gasteiger partial charge in [0.2, 0.25) is 10.0 Å². The van der Waals surface area contributed by atoms with Crippen molar-refractivity contribution in [1.29, 1.82) is 0 Å². The van der Waals surface area contributed by atoms with Gasteiger partial charge in [-0.05, 0) is 30.5 Å². The van der Waals surface area contributed by atoms with Crippen LogP contribution in [0.1, 0.15) is 23.0 Å². The summed E-state index contributed by atoms with van der Waals surface area (Å²) in [6.07, 6.45) is 3.10. The number of hydrogen-bond donors (Lipinski definition) is 1. The third-order valence-corrected chi connectivity index (χ3v) is 5.78.